The van der Waals surface area contributed by atoms with Crippen molar-refractivity contribution in [3.63, 3.8) is 0 Å². The smallest absolute Gasteiger partial charge is 0.265 e. The highest BCUT2D eigenvalue weighted by Gasteiger charge is 2.34. The van der Waals surface area contributed by atoms with Gasteiger partial charge >= 0.3 is 0 Å². The molecule has 2 unspecified atom stereocenters. The number of carbonyl (C=O) groups is 1. The van der Waals surface area contributed by atoms with Crippen LogP contribution in [0.25, 0.3) is 0 Å². The van der Waals surface area contributed by atoms with Gasteiger partial charge in [-0.05, 0) is 19.3 Å². The van der Waals surface area contributed by atoms with Crippen LogP contribution in [-0.4, -0.2) is 40.1 Å². The molecule has 1 N–H and O–H groups in total. The number of aliphatic hydroxyl groups is 1. The molecule has 16 heavy (non-hydrogen) atoms. The highest BCUT2D eigenvalue weighted by molar-refractivity contribution is 7.13. The molecule has 1 aromatic heterocycles. The van der Waals surface area contributed by atoms with Gasteiger partial charge in [-0.15, -0.1) is 11.3 Å². The zero-order valence-corrected chi connectivity index (χ0v) is 10.3. The van der Waals surface area contributed by atoms with Crippen molar-refractivity contribution in [2.75, 3.05) is 13.2 Å². The van der Waals surface area contributed by atoms with Gasteiger partial charge in [0, 0.05) is 6.54 Å². The minimum Gasteiger partial charge on any atom is -0.394 e. The first kappa shape index (κ1) is 11.5. The maximum atomic E-state index is 12.2. The lowest BCUT2D eigenvalue weighted by molar-refractivity contribution is 0.0653. The van der Waals surface area contributed by atoms with Gasteiger partial charge < -0.3 is 10.0 Å². The van der Waals surface area contributed by atoms with E-state index in [0.29, 0.717) is 10.8 Å². The molecule has 2 atom stereocenters. The molecule has 1 saturated heterocycles. The van der Waals surface area contributed by atoms with Crippen LogP contribution in [0, 0.1) is 12.8 Å². The Morgan fingerprint density at radius 2 is 2.50 bits per heavy atom. The van der Waals surface area contributed by atoms with E-state index in [1.807, 2.05) is 6.92 Å². The van der Waals surface area contributed by atoms with Crippen molar-refractivity contribution in [1.82, 2.24) is 9.88 Å². The second-order valence-electron chi connectivity index (χ2n) is 4.26. The molecule has 1 aliphatic rings. The van der Waals surface area contributed by atoms with Crippen molar-refractivity contribution < 1.29 is 9.90 Å². The summed E-state index contributed by atoms with van der Waals surface area (Å²) in [5.41, 5.74) is 0. The van der Waals surface area contributed by atoms with Crippen LogP contribution in [0.2, 0.25) is 0 Å². The number of likely N-dealkylation sites (tertiary alicyclic amines) is 1. The third kappa shape index (κ3) is 1.97. The first-order chi connectivity index (χ1) is 7.63. The fraction of sp³-hybridized carbons (Fsp3) is 0.636. The molecule has 88 valence electrons. The Morgan fingerprint density at radius 1 is 1.75 bits per heavy atom. The van der Waals surface area contributed by atoms with Gasteiger partial charge in [-0.1, -0.05) is 6.92 Å². The largest absolute Gasteiger partial charge is 0.394 e. The second-order valence-corrected chi connectivity index (χ2v) is 5.49. The molecule has 1 aromatic rings. The molecule has 0 aliphatic carbocycles. The van der Waals surface area contributed by atoms with E-state index < -0.39 is 0 Å². The van der Waals surface area contributed by atoms with Crippen LogP contribution >= 0.6 is 11.3 Å². The molecular weight excluding hydrogens is 224 g/mol. The van der Waals surface area contributed by atoms with Crippen LogP contribution in [0.15, 0.2) is 6.20 Å². The Morgan fingerprint density at radius 3 is 3.06 bits per heavy atom. The summed E-state index contributed by atoms with van der Waals surface area (Å²) in [6.07, 6.45) is 2.59. The number of rotatable bonds is 2. The Hall–Kier alpha value is -0.940. The van der Waals surface area contributed by atoms with E-state index >= 15 is 0 Å². The summed E-state index contributed by atoms with van der Waals surface area (Å²) in [5, 5.41) is 10.2. The lowest BCUT2D eigenvalue weighted by atomic mass is 10.0. The van der Waals surface area contributed by atoms with Crippen molar-refractivity contribution in [3.8, 4) is 0 Å². The third-order valence-corrected chi connectivity index (χ3v) is 4.06. The molecule has 2 rings (SSSR count). The number of hydrogen-bond acceptors (Lipinski definition) is 4. The molecule has 1 fully saturated rings. The van der Waals surface area contributed by atoms with Gasteiger partial charge in [0.15, 0.2) is 0 Å². The van der Waals surface area contributed by atoms with Crippen LogP contribution in [0.5, 0.6) is 0 Å². The number of amides is 1. The number of aromatic nitrogens is 1. The number of aryl methyl sites for hydroxylation is 1. The summed E-state index contributed by atoms with van der Waals surface area (Å²) < 4.78 is 0. The normalized spacial score (nSPS) is 25.1. The van der Waals surface area contributed by atoms with Crippen molar-refractivity contribution in [3.05, 3.63) is 16.1 Å². The van der Waals surface area contributed by atoms with Crippen molar-refractivity contribution >= 4 is 17.2 Å². The lowest BCUT2D eigenvalue weighted by Crippen LogP contribution is -2.39. The second kappa shape index (κ2) is 4.51. The van der Waals surface area contributed by atoms with Crippen LogP contribution < -0.4 is 0 Å². The van der Waals surface area contributed by atoms with Crippen LogP contribution in [0.1, 0.15) is 28.0 Å². The van der Waals surface area contributed by atoms with Gasteiger partial charge in [0.25, 0.3) is 5.91 Å². The van der Waals surface area contributed by atoms with E-state index in [1.54, 1.807) is 11.1 Å². The first-order valence-electron chi connectivity index (χ1n) is 5.47. The standard InChI is InChI=1S/C11H16N2O2S/c1-7-3-4-13(9(7)6-14)11(15)10-5-12-8(2)16-10/h5,7,9,14H,3-4,6H2,1-2H3. The van der Waals surface area contributed by atoms with Crippen molar-refractivity contribution in [2.24, 2.45) is 5.92 Å². The summed E-state index contributed by atoms with van der Waals surface area (Å²) in [5.74, 6) is 0.386. The summed E-state index contributed by atoms with van der Waals surface area (Å²) in [4.78, 5) is 18.7. The highest BCUT2D eigenvalue weighted by Crippen LogP contribution is 2.26. The molecule has 0 bridgehead atoms. The topological polar surface area (TPSA) is 53.4 Å². The predicted molar refractivity (Wildman–Crippen MR) is 62.5 cm³/mol. The first-order valence-corrected chi connectivity index (χ1v) is 6.29. The van der Waals surface area contributed by atoms with Gasteiger partial charge in [-0.25, -0.2) is 4.98 Å². The van der Waals surface area contributed by atoms with Gasteiger partial charge in [-0.3, -0.25) is 4.79 Å². The lowest BCUT2D eigenvalue weighted by Gasteiger charge is -2.24. The highest BCUT2D eigenvalue weighted by atomic mass is 32.1. The van der Waals surface area contributed by atoms with Crippen molar-refractivity contribution in [2.45, 2.75) is 26.3 Å². The van der Waals surface area contributed by atoms with E-state index in [1.165, 1.54) is 11.3 Å². The van der Waals surface area contributed by atoms with E-state index in [4.69, 9.17) is 0 Å². The van der Waals surface area contributed by atoms with Gasteiger partial charge in [-0.2, -0.15) is 0 Å². The van der Waals surface area contributed by atoms with E-state index in [0.717, 1.165) is 18.0 Å². The van der Waals surface area contributed by atoms with Crippen LogP contribution in [0.4, 0.5) is 0 Å². The molecule has 0 aromatic carbocycles. The number of thiazole rings is 1. The van der Waals surface area contributed by atoms with Gasteiger partial charge in [0.1, 0.15) is 4.88 Å². The summed E-state index contributed by atoms with van der Waals surface area (Å²) in [6, 6.07) is -0.0325. The zero-order chi connectivity index (χ0) is 11.7. The monoisotopic (exact) mass is 240 g/mol. The van der Waals surface area contributed by atoms with E-state index in [-0.39, 0.29) is 18.6 Å². The number of aliphatic hydroxyl groups excluding tert-OH is 1. The summed E-state index contributed by atoms with van der Waals surface area (Å²) in [7, 11) is 0. The molecule has 2 heterocycles. The zero-order valence-electron chi connectivity index (χ0n) is 9.51. The Bertz CT molecular complexity index is 391. The number of nitrogens with zero attached hydrogens (tertiary/aromatic N) is 2. The number of hydrogen-bond donors (Lipinski definition) is 1. The van der Waals surface area contributed by atoms with Gasteiger partial charge in [0.2, 0.25) is 0 Å². The van der Waals surface area contributed by atoms with Crippen LogP contribution in [0.3, 0.4) is 0 Å². The number of carbonyl (C=O) groups excluding carboxylic acids is 1. The minimum absolute atomic E-state index is 0.00833. The maximum absolute atomic E-state index is 12.2. The Kier molecular flexibility index (Phi) is 3.25. The molecule has 0 saturated carbocycles. The SMILES string of the molecule is Cc1ncc(C(=O)N2CCC(C)C2CO)s1. The Labute approximate surface area is 98.9 Å². The fourth-order valence-electron chi connectivity index (χ4n) is 2.14. The average molecular weight is 240 g/mol. The molecule has 1 aliphatic heterocycles. The molecular formula is C11H16N2O2S. The minimum atomic E-state index is -0.0325. The molecule has 0 radical (unpaired) electrons. The molecule has 0 spiro atoms. The van der Waals surface area contributed by atoms with E-state index in [9.17, 15) is 9.90 Å². The fourth-order valence-corrected chi connectivity index (χ4v) is 2.87. The quantitative estimate of drug-likeness (QED) is 0.847. The predicted octanol–water partition coefficient (Wildman–Crippen LogP) is 1.29. The third-order valence-electron chi connectivity index (χ3n) is 3.16. The van der Waals surface area contributed by atoms with Crippen LogP contribution in [-0.2, 0) is 0 Å². The molecule has 5 heteroatoms. The molecule has 1 amide bonds. The average Bonchev–Trinajstić information content (AvgIpc) is 2.83. The maximum Gasteiger partial charge on any atom is 0.265 e. The van der Waals surface area contributed by atoms with Crippen molar-refractivity contribution in [1.29, 1.82) is 0 Å². The summed E-state index contributed by atoms with van der Waals surface area (Å²) >= 11 is 1.41. The Balaban J connectivity index is 2.16. The molecule has 4 nitrogen and oxygen atoms in total. The summed E-state index contributed by atoms with van der Waals surface area (Å²) in [6.45, 7) is 4.75. The van der Waals surface area contributed by atoms with E-state index in [2.05, 4.69) is 11.9 Å². The van der Waals surface area contributed by atoms with Gasteiger partial charge in [0.05, 0.1) is 23.9 Å².